The zero-order chi connectivity index (χ0) is 14.4. The minimum atomic E-state index is -0.154. The fourth-order valence-corrected chi connectivity index (χ4v) is 1.71. The first kappa shape index (κ1) is 14.2. The van der Waals surface area contributed by atoms with Gasteiger partial charge in [-0.05, 0) is 35.7 Å². The van der Waals surface area contributed by atoms with Gasteiger partial charge in [-0.25, -0.2) is 0 Å². The van der Waals surface area contributed by atoms with E-state index < -0.39 is 0 Å². The molecular formula is C16H17NO3. The van der Waals surface area contributed by atoms with Crippen molar-refractivity contribution in [1.82, 2.24) is 4.98 Å². The highest BCUT2D eigenvalue weighted by Crippen LogP contribution is 2.12. The van der Waals surface area contributed by atoms with Gasteiger partial charge in [0.25, 0.3) is 0 Å². The lowest BCUT2D eigenvalue weighted by Gasteiger charge is -2.06. The maximum Gasteiger partial charge on any atom is 0.218 e. The number of carbonyl (C=O) groups is 1. The van der Waals surface area contributed by atoms with Gasteiger partial charge in [0.15, 0.2) is 6.61 Å². The molecule has 4 heteroatoms. The molecule has 20 heavy (non-hydrogen) atoms. The number of benzene rings is 1. The number of pyridine rings is 1. The van der Waals surface area contributed by atoms with Crippen LogP contribution in [0.2, 0.25) is 0 Å². The quantitative estimate of drug-likeness (QED) is 0.820. The normalized spacial score (nSPS) is 10.3. The fraction of sp³-hybridized carbons (Fsp3) is 0.250. The molecule has 0 amide bonds. The van der Waals surface area contributed by atoms with Crippen LogP contribution in [-0.2, 0) is 13.0 Å². The highest BCUT2D eigenvalue weighted by atomic mass is 16.5. The molecule has 104 valence electrons. The molecule has 0 bridgehead atoms. The molecule has 0 unspecified atom stereocenters. The fourth-order valence-electron chi connectivity index (χ4n) is 1.71. The number of aliphatic hydroxyl groups is 1. The van der Waals surface area contributed by atoms with E-state index in [-0.39, 0.29) is 19.0 Å². The summed E-state index contributed by atoms with van der Waals surface area (Å²) in [5, 5.41) is 8.93. The first-order valence-corrected chi connectivity index (χ1v) is 6.53. The van der Waals surface area contributed by atoms with Crippen molar-refractivity contribution in [3.8, 4) is 5.75 Å². The third kappa shape index (κ3) is 3.65. The van der Waals surface area contributed by atoms with Crippen LogP contribution in [0.25, 0.3) is 0 Å². The molecule has 2 rings (SSSR count). The summed E-state index contributed by atoms with van der Waals surface area (Å²) < 4.78 is 5.41. The topological polar surface area (TPSA) is 59.4 Å². The first-order valence-electron chi connectivity index (χ1n) is 6.53. The van der Waals surface area contributed by atoms with Gasteiger partial charge in [-0.3, -0.25) is 9.78 Å². The minimum Gasteiger partial charge on any atom is -0.485 e. The molecule has 0 aliphatic rings. The number of ether oxygens (including phenoxy) is 1. The Labute approximate surface area is 118 Å². The molecule has 0 spiro atoms. The smallest absolute Gasteiger partial charge is 0.218 e. The predicted octanol–water partition coefficient (Wildman–Crippen LogP) is 2.40. The number of carbonyl (C=O) groups excluding carboxylic acids is 1. The highest BCUT2D eigenvalue weighted by molar-refractivity contribution is 5.95. The van der Waals surface area contributed by atoms with E-state index in [1.165, 1.54) is 0 Å². The largest absolute Gasteiger partial charge is 0.485 e. The molecule has 1 heterocycles. The Balaban J connectivity index is 1.93. The number of aryl methyl sites for hydroxylation is 1. The Morgan fingerprint density at radius 3 is 2.40 bits per heavy atom. The summed E-state index contributed by atoms with van der Waals surface area (Å²) in [4.78, 5) is 16.0. The van der Waals surface area contributed by atoms with Crippen molar-refractivity contribution in [2.45, 2.75) is 20.0 Å². The van der Waals surface area contributed by atoms with Crippen molar-refractivity contribution >= 4 is 5.78 Å². The van der Waals surface area contributed by atoms with Crippen molar-refractivity contribution in [2.75, 3.05) is 6.61 Å². The second-order valence-electron chi connectivity index (χ2n) is 4.42. The summed E-state index contributed by atoms with van der Waals surface area (Å²) in [6.07, 6.45) is 2.61. The lowest BCUT2D eigenvalue weighted by Crippen LogP contribution is -2.13. The second-order valence-corrected chi connectivity index (χ2v) is 4.42. The molecule has 0 fully saturated rings. The Morgan fingerprint density at radius 1 is 1.15 bits per heavy atom. The molecule has 0 aliphatic carbocycles. The molecule has 1 aromatic heterocycles. The Morgan fingerprint density at radius 2 is 1.85 bits per heavy atom. The number of ketones is 1. The van der Waals surface area contributed by atoms with E-state index in [0.29, 0.717) is 11.4 Å². The van der Waals surface area contributed by atoms with Crippen LogP contribution >= 0.6 is 0 Å². The van der Waals surface area contributed by atoms with Crippen LogP contribution in [0.5, 0.6) is 5.75 Å². The molecule has 1 aromatic carbocycles. The average Bonchev–Trinajstić information content (AvgIpc) is 2.53. The van der Waals surface area contributed by atoms with Crippen molar-refractivity contribution in [3.63, 3.8) is 0 Å². The monoisotopic (exact) mass is 271 g/mol. The van der Waals surface area contributed by atoms with Crippen molar-refractivity contribution < 1.29 is 14.6 Å². The average molecular weight is 271 g/mol. The van der Waals surface area contributed by atoms with E-state index in [1.54, 1.807) is 36.5 Å². The highest BCUT2D eigenvalue weighted by Gasteiger charge is 2.08. The van der Waals surface area contributed by atoms with Crippen LogP contribution in [0.4, 0.5) is 0 Å². The van der Waals surface area contributed by atoms with Gasteiger partial charge >= 0.3 is 0 Å². The number of Topliss-reactive ketones (excluding diaryl/α,β-unsaturated/α-hetero) is 1. The van der Waals surface area contributed by atoms with E-state index in [2.05, 4.69) is 4.98 Å². The Kier molecular flexibility index (Phi) is 4.85. The van der Waals surface area contributed by atoms with Gasteiger partial charge in [-0.15, -0.1) is 0 Å². The molecule has 2 aromatic rings. The Hall–Kier alpha value is -2.20. The van der Waals surface area contributed by atoms with Crippen LogP contribution in [0.1, 0.15) is 28.5 Å². The number of nitrogens with zero attached hydrogens (tertiary/aromatic N) is 1. The summed E-state index contributed by atoms with van der Waals surface area (Å²) in [7, 11) is 0. The minimum absolute atomic E-state index is 0.00704. The van der Waals surface area contributed by atoms with Gasteiger partial charge in [0, 0.05) is 6.20 Å². The molecular weight excluding hydrogens is 254 g/mol. The van der Waals surface area contributed by atoms with Crippen LogP contribution in [0, 0.1) is 0 Å². The molecule has 0 atom stereocenters. The molecule has 0 aliphatic heterocycles. The van der Waals surface area contributed by atoms with Crippen LogP contribution < -0.4 is 4.74 Å². The summed E-state index contributed by atoms with van der Waals surface area (Å²) in [6, 6.07) is 10.6. The van der Waals surface area contributed by atoms with Crippen molar-refractivity contribution in [3.05, 3.63) is 59.4 Å². The summed E-state index contributed by atoms with van der Waals surface area (Å²) in [5.41, 5.74) is 2.32. The van der Waals surface area contributed by atoms with Crippen LogP contribution in [-0.4, -0.2) is 22.5 Å². The van der Waals surface area contributed by atoms with E-state index in [4.69, 9.17) is 9.84 Å². The molecule has 4 nitrogen and oxygen atoms in total. The SMILES string of the molecule is CCc1ccc(C(=O)COc2ccc(CO)cc2)nc1. The van der Waals surface area contributed by atoms with Crippen molar-refractivity contribution in [1.29, 1.82) is 0 Å². The van der Waals surface area contributed by atoms with Gasteiger partial charge in [-0.1, -0.05) is 25.1 Å². The Bertz CT molecular complexity index is 561. The molecule has 0 saturated carbocycles. The third-order valence-electron chi connectivity index (χ3n) is 2.99. The summed E-state index contributed by atoms with van der Waals surface area (Å²) in [5.74, 6) is 0.444. The van der Waals surface area contributed by atoms with Crippen LogP contribution in [0.3, 0.4) is 0 Å². The van der Waals surface area contributed by atoms with Gasteiger partial charge in [-0.2, -0.15) is 0 Å². The number of hydrogen-bond acceptors (Lipinski definition) is 4. The zero-order valence-corrected chi connectivity index (χ0v) is 11.4. The lowest BCUT2D eigenvalue weighted by molar-refractivity contribution is 0.0916. The molecule has 1 N–H and O–H groups in total. The maximum atomic E-state index is 11.9. The predicted molar refractivity (Wildman–Crippen MR) is 75.8 cm³/mol. The first-order chi connectivity index (χ1) is 9.72. The van der Waals surface area contributed by atoms with Crippen molar-refractivity contribution in [2.24, 2.45) is 0 Å². The van der Waals surface area contributed by atoms with Gasteiger partial charge in [0.05, 0.1) is 6.61 Å². The summed E-state index contributed by atoms with van der Waals surface area (Å²) in [6.45, 7) is 1.99. The molecule has 0 saturated heterocycles. The summed E-state index contributed by atoms with van der Waals surface area (Å²) >= 11 is 0. The number of aliphatic hydroxyl groups excluding tert-OH is 1. The van der Waals surface area contributed by atoms with Gasteiger partial charge in [0.1, 0.15) is 11.4 Å². The maximum absolute atomic E-state index is 11.9. The van der Waals surface area contributed by atoms with Crippen LogP contribution in [0.15, 0.2) is 42.6 Å². The lowest BCUT2D eigenvalue weighted by atomic mass is 10.2. The number of hydrogen-bond donors (Lipinski definition) is 1. The standard InChI is InChI=1S/C16H17NO3/c1-2-12-5-8-15(17-9-12)16(19)11-20-14-6-3-13(10-18)4-7-14/h3-9,18H,2,10-11H2,1H3. The van der Waals surface area contributed by atoms with E-state index >= 15 is 0 Å². The van der Waals surface area contributed by atoms with E-state index in [0.717, 1.165) is 17.5 Å². The third-order valence-corrected chi connectivity index (χ3v) is 2.99. The van der Waals surface area contributed by atoms with Gasteiger partial charge < -0.3 is 9.84 Å². The molecule has 0 radical (unpaired) electrons. The van der Waals surface area contributed by atoms with Gasteiger partial charge in [0.2, 0.25) is 5.78 Å². The number of rotatable bonds is 6. The number of aromatic nitrogens is 1. The second kappa shape index (κ2) is 6.82. The van der Waals surface area contributed by atoms with E-state index in [9.17, 15) is 4.79 Å². The zero-order valence-electron chi connectivity index (χ0n) is 11.4. The van der Waals surface area contributed by atoms with E-state index in [1.807, 2.05) is 13.0 Å².